The largest absolute Gasteiger partial charge is 0.351 e. The smallest absolute Gasteiger partial charge is 0.282 e. The molecule has 1 saturated heterocycles. The molecule has 0 atom stereocenters. The van der Waals surface area contributed by atoms with E-state index in [1.165, 1.54) is 18.2 Å². The molecular weight excluding hydrogens is 509 g/mol. The monoisotopic (exact) mass is 529 g/mol. The van der Waals surface area contributed by atoms with Crippen molar-refractivity contribution in [2.24, 2.45) is 0 Å². The number of nitrogens with one attached hydrogen (secondary N) is 1. The number of amides is 1. The average molecular weight is 531 g/mol. The van der Waals surface area contributed by atoms with Crippen LogP contribution in [0.25, 0.3) is 10.2 Å². The van der Waals surface area contributed by atoms with E-state index in [4.69, 9.17) is 28.2 Å². The first kappa shape index (κ1) is 25.5. The third-order valence-electron chi connectivity index (χ3n) is 5.44. The molecule has 1 N–H and O–H groups in total. The number of rotatable bonds is 6. The van der Waals surface area contributed by atoms with Crippen molar-refractivity contribution in [1.82, 2.24) is 15.2 Å². The van der Waals surface area contributed by atoms with Crippen LogP contribution in [0.5, 0.6) is 0 Å². The van der Waals surface area contributed by atoms with Crippen molar-refractivity contribution in [3.63, 3.8) is 0 Å². The maximum atomic E-state index is 12.4. The predicted octanol–water partition coefficient (Wildman–Crippen LogP) is 4.79. The molecule has 0 radical (unpaired) electrons. The number of thiazole rings is 1. The fraction of sp³-hybridized carbons (Fsp3) is 0.333. The van der Waals surface area contributed by atoms with Gasteiger partial charge in [0.2, 0.25) is 0 Å². The molecule has 1 amide bonds. The van der Waals surface area contributed by atoms with Gasteiger partial charge in [-0.05, 0) is 30.7 Å². The van der Waals surface area contributed by atoms with Crippen LogP contribution in [0.4, 0.5) is 10.8 Å². The standard InChI is InChI=1S/C21H21Cl2N5O3S.ClH/c1-13-2-4-16(23)19-18(13)25-21(32-19)27-10-8-26(9-11-27)7-6-24-20(29)15-12-14(22)3-5-17(15)28(30)31;/h2-5,12H,6-11H2,1H3,(H,24,29);1H. The lowest BCUT2D eigenvalue weighted by Crippen LogP contribution is -2.48. The lowest BCUT2D eigenvalue weighted by atomic mass is 10.1. The summed E-state index contributed by atoms with van der Waals surface area (Å²) >= 11 is 13.8. The number of aromatic nitrogens is 1. The number of halogens is 3. The van der Waals surface area contributed by atoms with Gasteiger partial charge < -0.3 is 10.2 Å². The van der Waals surface area contributed by atoms with E-state index in [0.717, 1.165) is 52.1 Å². The van der Waals surface area contributed by atoms with E-state index < -0.39 is 10.8 Å². The highest BCUT2D eigenvalue weighted by molar-refractivity contribution is 7.22. The number of benzene rings is 2. The normalized spacial score (nSPS) is 14.2. The number of piperazine rings is 1. The van der Waals surface area contributed by atoms with Crippen LogP contribution in [-0.4, -0.2) is 60.0 Å². The molecule has 0 spiro atoms. The summed E-state index contributed by atoms with van der Waals surface area (Å²) in [5.74, 6) is -0.500. The molecule has 1 aromatic heterocycles. The van der Waals surface area contributed by atoms with Gasteiger partial charge in [0.15, 0.2) is 5.13 Å². The van der Waals surface area contributed by atoms with Crippen LogP contribution in [0.3, 0.4) is 0 Å². The number of nitro benzene ring substituents is 1. The quantitative estimate of drug-likeness (QED) is 0.364. The predicted molar refractivity (Wildman–Crippen MR) is 136 cm³/mol. The van der Waals surface area contributed by atoms with Gasteiger partial charge in [-0.2, -0.15) is 0 Å². The lowest BCUT2D eigenvalue weighted by Gasteiger charge is -2.34. The Morgan fingerprint density at radius 3 is 2.61 bits per heavy atom. The molecule has 0 aliphatic carbocycles. The van der Waals surface area contributed by atoms with Crippen molar-refractivity contribution in [2.45, 2.75) is 6.92 Å². The van der Waals surface area contributed by atoms with E-state index in [2.05, 4.69) is 15.1 Å². The topological polar surface area (TPSA) is 91.6 Å². The summed E-state index contributed by atoms with van der Waals surface area (Å²) in [7, 11) is 0. The second-order valence-electron chi connectivity index (χ2n) is 7.54. The Morgan fingerprint density at radius 2 is 1.94 bits per heavy atom. The van der Waals surface area contributed by atoms with Gasteiger partial charge in [0.05, 0.1) is 20.2 Å². The summed E-state index contributed by atoms with van der Waals surface area (Å²) in [5.41, 5.74) is 1.78. The molecule has 1 aliphatic heterocycles. The maximum absolute atomic E-state index is 12.4. The Morgan fingerprint density at radius 1 is 1.21 bits per heavy atom. The number of carbonyl (C=O) groups is 1. The van der Waals surface area contributed by atoms with Gasteiger partial charge in [0, 0.05) is 50.4 Å². The highest BCUT2D eigenvalue weighted by Gasteiger charge is 2.23. The molecule has 0 bridgehead atoms. The maximum Gasteiger partial charge on any atom is 0.282 e. The first-order valence-electron chi connectivity index (χ1n) is 10.1. The molecule has 2 aromatic carbocycles. The summed E-state index contributed by atoms with van der Waals surface area (Å²) in [5, 5.41) is 15.9. The first-order valence-corrected chi connectivity index (χ1v) is 11.7. The van der Waals surface area contributed by atoms with Crippen LogP contribution in [0.2, 0.25) is 10.0 Å². The van der Waals surface area contributed by atoms with Crippen molar-refractivity contribution in [3.05, 3.63) is 61.6 Å². The third kappa shape index (κ3) is 5.67. The number of carbonyl (C=O) groups excluding carboxylic acids is 1. The average Bonchev–Trinajstić information content (AvgIpc) is 3.23. The van der Waals surface area contributed by atoms with Crippen molar-refractivity contribution < 1.29 is 9.72 Å². The van der Waals surface area contributed by atoms with E-state index in [1.54, 1.807) is 11.3 Å². The van der Waals surface area contributed by atoms with Crippen molar-refractivity contribution in [2.75, 3.05) is 44.2 Å². The van der Waals surface area contributed by atoms with Crippen LogP contribution < -0.4 is 10.2 Å². The van der Waals surface area contributed by atoms with Gasteiger partial charge >= 0.3 is 0 Å². The van der Waals surface area contributed by atoms with Gasteiger partial charge in [-0.1, -0.05) is 40.6 Å². The van der Waals surface area contributed by atoms with E-state index in [9.17, 15) is 14.9 Å². The summed E-state index contributed by atoms with van der Waals surface area (Å²) < 4.78 is 1.02. The SMILES string of the molecule is Cc1ccc(Cl)c2sc(N3CCN(CCNC(=O)c4cc(Cl)ccc4[N+](=O)[O-])CC3)nc12.Cl. The minimum absolute atomic E-state index is 0. The summed E-state index contributed by atoms with van der Waals surface area (Å²) in [6, 6.07) is 7.85. The number of anilines is 1. The van der Waals surface area contributed by atoms with Crippen LogP contribution in [0.15, 0.2) is 30.3 Å². The zero-order valence-corrected chi connectivity index (χ0v) is 20.9. The molecule has 12 heteroatoms. The van der Waals surface area contributed by atoms with E-state index in [-0.39, 0.29) is 28.7 Å². The lowest BCUT2D eigenvalue weighted by molar-refractivity contribution is -0.385. The fourth-order valence-corrected chi connectivity index (χ4v) is 5.20. The Labute approximate surface area is 211 Å². The summed E-state index contributed by atoms with van der Waals surface area (Å²) in [6.45, 7) is 6.38. The molecule has 1 fully saturated rings. The van der Waals surface area contributed by atoms with Crippen molar-refractivity contribution in [3.8, 4) is 0 Å². The van der Waals surface area contributed by atoms with Crippen LogP contribution in [-0.2, 0) is 0 Å². The zero-order valence-electron chi connectivity index (χ0n) is 17.7. The molecule has 0 saturated carbocycles. The third-order valence-corrected chi connectivity index (χ3v) is 7.25. The molecule has 3 aromatic rings. The number of nitro groups is 1. The molecule has 8 nitrogen and oxygen atoms in total. The molecule has 2 heterocycles. The Kier molecular flexibility index (Phi) is 8.36. The van der Waals surface area contributed by atoms with Crippen LogP contribution >= 0.6 is 46.9 Å². The van der Waals surface area contributed by atoms with Gasteiger partial charge in [-0.25, -0.2) is 4.98 Å². The first-order chi connectivity index (χ1) is 15.3. The molecule has 0 unspecified atom stereocenters. The highest BCUT2D eigenvalue weighted by Crippen LogP contribution is 2.35. The second-order valence-corrected chi connectivity index (χ2v) is 9.36. The van der Waals surface area contributed by atoms with Crippen LogP contribution in [0.1, 0.15) is 15.9 Å². The Hall–Kier alpha value is -2.17. The Bertz CT molecular complexity index is 1140. The number of aryl methyl sites for hydroxylation is 1. The van der Waals surface area contributed by atoms with Crippen molar-refractivity contribution >= 4 is 73.9 Å². The minimum atomic E-state index is -0.582. The van der Waals surface area contributed by atoms with Gasteiger partial charge in [-0.3, -0.25) is 19.8 Å². The van der Waals surface area contributed by atoms with Gasteiger partial charge in [0.25, 0.3) is 11.6 Å². The zero-order chi connectivity index (χ0) is 22.8. The number of nitrogens with zero attached hydrogens (tertiary/aromatic N) is 4. The molecular formula is C21H22Cl3N5O3S. The van der Waals surface area contributed by atoms with E-state index in [1.807, 2.05) is 19.1 Å². The fourth-order valence-electron chi connectivity index (χ4n) is 3.66. The second kappa shape index (κ2) is 10.8. The number of hydrogen-bond donors (Lipinski definition) is 1. The molecule has 176 valence electrons. The minimum Gasteiger partial charge on any atom is -0.351 e. The van der Waals surface area contributed by atoms with Gasteiger partial charge in [-0.15, -0.1) is 12.4 Å². The Balaban J connectivity index is 0.00000306. The number of hydrogen-bond acceptors (Lipinski definition) is 7. The van der Waals surface area contributed by atoms with Crippen LogP contribution in [0, 0.1) is 17.0 Å². The molecule has 4 rings (SSSR count). The summed E-state index contributed by atoms with van der Waals surface area (Å²) in [6.07, 6.45) is 0. The number of fused-ring (bicyclic) bond motifs is 1. The van der Waals surface area contributed by atoms with Gasteiger partial charge in [0.1, 0.15) is 5.56 Å². The van der Waals surface area contributed by atoms with E-state index >= 15 is 0 Å². The van der Waals surface area contributed by atoms with Crippen molar-refractivity contribution in [1.29, 1.82) is 0 Å². The summed E-state index contributed by atoms with van der Waals surface area (Å²) in [4.78, 5) is 32.3. The molecule has 33 heavy (non-hydrogen) atoms. The highest BCUT2D eigenvalue weighted by atomic mass is 35.5. The van der Waals surface area contributed by atoms with E-state index in [0.29, 0.717) is 13.1 Å². The molecule has 1 aliphatic rings.